The fraction of sp³-hybridized carbons (Fsp3) is 0.200. The summed E-state index contributed by atoms with van der Waals surface area (Å²) in [5, 5.41) is 7.35. The molecule has 0 aliphatic carbocycles. The zero-order chi connectivity index (χ0) is 21.5. The lowest BCUT2D eigenvalue weighted by Crippen LogP contribution is -2.48. The Kier molecular flexibility index (Phi) is 4.96. The summed E-state index contributed by atoms with van der Waals surface area (Å²) in [5.41, 5.74) is 5.61. The highest BCUT2D eigenvalue weighted by atomic mass is 28.3. The van der Waals surface area contributed by atoms with Crippen LogP contribution in [0.1, 0.15) is 32.6 Å². The molecule has 157 valence electrons. The third kappa shape index (κ3) is 3.05. The van der Waals surface area contributed by atoms with E-state index < -0.39 is 8.80 Å². The predicted molar refractivity (Wildman–Crippen MR) is 140 cm³/mol. The number of nitrogens with zero attached hydrogens (tertiary/aromatic N) is 1. The first-order valence-electron chi connectivity index (χ1n) is 11.9. The van der Waals surface area contributed by atoms with Crippen molar-refractivity contribution in [2.24, 2.45) is 0 Å². The maximum atomic E-state index is 2.55. The van der Waals surface area contributed by atoms with Gasteiger partial charge in [-0.3, -0.25) is 0 Å². The fourth-order valence-electron chi connectivity index (χ4n) is 5.47. The predicted octanol–water partition coefficient (Wildman–Crippen LogP) is 5.87. The van der Waals surface area contributed by atoms with Gasteiger partial charge < -0.3 is 4.57 Å². The molecule has 1 aliphatic rings. The molecule has 0 N–H and O–H groups in total. The fourth-order valence-corrected chi connectivity index (χ4v) is 8.43. The summed E-state index contributed by atoms with van der Waals surface area (Å²) in [4.78, 5) is 0. The number of unbranched alkanes of at least 4 members (excludes halogenated alkanes) is 3. The van der Waals surface area contributed by atoms with Crippen molar-refractivity contribution in [1.82, 2.24) is 4.57 Å². The SMILES string of the molecule is CCCCCCn1c2ccccc2c2cc([Si]3c4ccccc4-c4ccccc43)ccc21. The van der Waals surface area contributed by atoms with Gasteiger partial charge in [0.15, 0.2) is 8.80 Å². The Labute approximate surface area is 191 Å². The molecule has 5 aromatic rings. The number of aromatic nitrogens is 1. The van der Waals surface area contributed by atoms with Gasteiger partial charge in [-0.25, -0.2) is 0 Å². The van der Waals surface area contributed by atoms with E-state index in [1.165, 1.54) is 74.2 Å². The Bertz CT molecular complexity index is 1380. The number of aryl methyl sites for hydroxylation is 1. The average Bonchev–Trinajstić information content (AvgIpc) is 3.34. The molecule has 4 aromatic carbocycles. The second-order valence-corrected chi connectivity index (χ2v) is 11.3. The van der Waals surface area contributed by atoms with Crippen molar-refractivity contribution in [1.29, 1.82) is 0 Å². The molecule has 1 aromatic heterocycles. The van der Waals surface area contributed by atoms with E-state index in [4.69, 9.17) is 0 Å². The largest absolute Gasteiger partial charge is 0.340 e. The normalized spacial score (nSPS) is 13.0. The zero-order valence-corrected chi connectivity index (χ0v) is 19.6. The molecule has 1 aliphatic heterocycles. The van der Waals surface area contributed by atoms with Crippen LogP contribution >= 0.6 is 0 Å². The maximum absolute atomic E-state index is 2.55. The minimum absolute atomic E-state index is 0.985. The van der Waals surface area contributed by atoms with E-state index in [-0.39, 0.29) is 0 Å². The highest BCUT2D eigenvalue weighted by Crippen LogP contribution is 2.30. The summed E-state index contributed by atoms with van der Waals surface area (Å²) < 4.78 is 2.55. The minimum atomic E-state index is -0.985. The number of hydrogen-bond acceptors (Lipinski definition) is 0. The minimum Gasteiger partial charge on any atom is -0.340 e. The van der Waals surface area contributed by atoms with Crippen molar-refractivity contribution in [3.63, 3.8) is 0 Å². The zero-order valence-electron chi connectivity index (χ0n) is 18.6. The van der Waals surface area contributed by atoms with E-state index in [0.717, 1.165) is 6.54 Å². The number of para-hydroxylation sites is 1. The summed E-state index contributed by atoms with van der Waals surface area (Å²) in [6, 6.07) is 34.3. The highest BCUT2D eigenvalue weighted by molar-refractivity contribution is 6.99. The van der Waals surface area contributed by atoms with Crippen molar-refractivity contribution in [3.05, 3.63) is 91.0 Å². The van der Waals surface area contributed by atoms with Crippen LogP contribution < -0.4 is 15.6 Å². The third-order valence-electron chi connectivity index (χ3n) is 6.98. The van der Waals surface area contributed by atoms with Crippen LogP contribution in [-0.2, 0) is 6.54 Å². The molecule has 0 fully saturated rings. The number of rotatable bonds is 6. The Morgan fingerprint density at radius 3 is 2.03 bits per heavy atom. The molecule has 0 atom stereocenters. The molecule has 1 nitrogen and oxygen atoms in total. The Hall–Kier alpha value is -3.10. The summed E-state index contributed by atoms with van der Waals surface area (Å²) in [5.74, 6) is 0. The molecule has 6 rings (SSSR count). The monoisotopic (exact) mass is 430 g/mol. The quantitative estimate of drug-likeness (QED) is 0.230. The molecule has 0 bridgehead atoms. The number of fused-ring (bicyclic) bond motifs is 6. The second-order valence-electron chi connectivity index (χ2n) is 8.93. The molecule has 2 heterocycles. The lowest BCUT2D eigenvalue weighted by Gasteiger charge is -2.13. The van der Waals surface area contributed by atoms with E-state index in [0.29, 0.717) is 0 Å². The lowest BCUT2D eigenvalue weighted by atomic mass is 10.1. The summed E-state index contributed by atoms with van der Waals surface area (Å²) >= 11 is 0. The van der Waals surface area contributed by atoms with Crippen LogP contribution in [0, 0.1) is 0 Å². The molecular formula is C30H28NSi. The van der Waals surface area contributed by atoms with E-state index in [9.17, 15) is 0 Å². The molecule has 0 unspecified atom stereocenters. The van der Waals surface area contributed by atoms with Gasteiger partial charge in [-0.05, 0) is 45.2 Å². The topological polar surface area (TPSA) is 4.93 Å². The van der Waals surface area contributed by atoms with Crippen molar-refractivity contribution >= 4 is 46.2 Å². The van der Waals surface area contributed by atoms with Crippen LogP contribution in [0.2, 0.25) is 0 Å². The third-order valence-corrected chi connectivity index (χ3v) is 9.82. The Morgan fingerprint density at radius 2 is 1.28 bits per heavy atom. The maximum Gasteiger partial charge on any atom is 0.156 e. The van der Waals surface area contributed by atoms with Crippen molar-refractivity contribution in [2.75, 3.05) is 0 Å². The standard InChI is InChI=1S/C30H28NSi/c1-2-3-4-11-20-31-27-15-8-5-12-23(27)26-21-22(18-19-28(26)31)32-29-16-9-6-13-24(29)25-14-7-10-17-30(25)32/h5-10,12-19,21H,2-4,11,20H2,1H3. The molecule has 32 heavy (non-hydrogen) atoms. The van der Waals surface area contributed by atoms with Crippen molar-refractivity contribution in [2.45, 2.75) is 39.2 Å². The van der Waals surface area contributed by atoms with Crippen LogP contribution in [0.15, 0.2) is 91.0 Å². The van der Waals surface area contributed by atoms with Gasteiger partial charge >= 0.3 is 0 Å². The van der Waals surface area contributed by atoms with Crippen LogP contribution in [0.5, 0.6) is 0 Å². The van der Waals surface area contributed by atoms with Crippen LogP contribution in [0.3, 0.4) is 0 Å². The van der Waals surface area contributed by atoms with Crippen LogP contribution in [0.25, 0.3) is 32.9 Å². The van der Waals surface area contributed by atoms with Crippen LogP contribution in [-0.4, -0.2) is 13.4 Å². The molecule has 0 spiro atoms. The summed E-state index contributed by atoms with van der Waals surface area (Å²) in [6.45, 7) is 3.39. The van der Waals surface area contributed by atoms with Crippen molar-refractivity contribution in [3.8, 4) is 11.1 Å². The van der Waals surface area contributed by atoms with E-state index >= 15 is 0 Å². The number of hydrogen-bond donors (Lipinski definition) is 0. The van der Waals surface area contributed by atoms with E-state index in [1.807, 2.05) is 0 Å². The molecule has 2 heteroatoms. The van der Waals surface area contributed by atoms with Gasteiger partial charge in [-0.2, -0.15) is 0 Å². The van der Waals surface area contributed by atoms with Crippen molar-refractivity contribution < 1.29 is 0 Å². The molecule has 0 saturated heterocycles. The van der Waals surface area contributed by atoms with E-state index in [1.54, 1.807) is 0 Å². The van der Waals surface area contributed by atoms with Gasteiger partial charge in [-0.15, -0.1) is 0 Å². The molecule has 1 radical (unpaired) electrons. The van der Waals surface area contributed by atoms with Gasteiger partial charge in [0.1, 0.15) is 0 Å². The summed E-state index contributed by atoms with van der Waals surface area (Å²) in [6.07, 6.45) is 5.17. The first-order chi connectivity index (χ1) is 15.9. The molecule has 0 amide bonds. The summed E-state index contributed by atoms with van der Waals surface area (Å²) in [7, 11) is -0.985. The van der Waals surface area contributed by atoms with Gasteiger partial charge in [0, 0.05) is 28.4 Å². The smallest absolute Gasteiger partial charge is 0.156 e. The lowest BCUT2D eigenvalue weighted by molar-refractivity contribution is 0.602. The number of benzene rings is 4. The van der Waals surface area contributed by atoms with Gasteiger partial charge in [0.05, 0.1) is 0 Å². The second kappa shape index (κ2) is 8.11. The highest BCUT2D eigenvalue weighted by Gasteiger charge is 2.31. The Balaban J connectivity index is 1.50. The van der Waals surface area contributed by atoms with Gasteiger partial charge in [-0.1, -0.05) is 105 Å². The van der Waals surface area contributed by atoms with Gasteiger partial charge in [0.2, 0.25) is 0 Å². The van der Waals surface area contributed by atoms with E-state index in [2.05, 4.69) is 102 Å². The average molecular weight is 431 g/mol. The first kappa shape index (κ1) is 19.6. The Morgan fingerprint density at radius 1 is 0.625 bits per heavy atom. The first-order valence-corrected chi connectivity index (χ1v) is 13.4. The van der Waals surface area contributed by atoms with Gasteiger partial charge in [0.25, 0.3) is 0 Å². The molecular weight excluding hydrogens is 402 g/mol. The van der Waals surface area contributed by atoms with Crippen LogP contribution in [0.4, 0.5) is 0 Å². The molecule has 0 saturated carbocycles.